The molecule has 23 heavy (non-hydrogen) atoms. The van der Waals surface area contributed by atoms with E-state index in [1.54, 1.807) is 24.3 Å². The molecule has 2 aromatic rings. The Morgan fingerprint density at radius 2 is 2.00 bits per heavy atom. The monoisotopic (exact) mass is 426 g/mol. The standard InChI is InChI=1S/C16H15IN2O4/c1-2-23-15-7-10(3-5-14(15)21)9-18-19-16(22)12-8-11(17)4-6-13(12)20/h3-9,20-21H,2H2,1H3,(H,19,22)/b18-9+. The number of aromatic hydroxyl groups is 2. The Kier molecular flexibility index (Phi) is 5.80. The van der Waals surface area contributed by atoms with Crippen molar-refractivity contribution in [1.82, 2.24) is 5.43 Å². The number of phenolic OH excluding ortho intramolecular Hbond substituents is 2. The molecule has 0 aliphatic heterocycles. The summed E-state index contributed by atoms with van der Waals surface area (Å²) in [7, 11) is 0. The molecule has 2 aromatic carbocycles. The summed E-state index contributed by atoms with van der Waals surface area (Å²) in [5, 5.41) is 23.1. The number of ether oxygens (including phenoxy) is 1. The molecule has 7 heteroatoms. The van der Waals surface area contributed by atoms with E-state index in [0.717, 1.165) is 3.57 Å². The van der Waals surface area contributed by atoms with E-state index in [4.69, 9.17) is 4.74 Å². The lowest BCUT2D eigenvalue weighted by molar-refractivity contribution is 0.0952. The quantitative estimate of drug-likeness (QED) is 0.390. The van der Waals surface area contributed by atoms with Gasteiger partial charge in [0.05, 0.1) is 18.4 Å². The van der Waals surface area contributed by atoms with Gasteiger partial charge in [-0.2, -0.15) is 5.10 Å². The molecule has 0 aromatic heterocycles. The molecule has 0 fully saturated rings. The molecule has 0 atom stereocenters. The van der Waals surface area contributed by atoms with E-state index in [0.29, 0.717) is 17.9 Å². The predicted molar refractivity (Wildman–Crippen MR) is 95.2 cm³/mol. The topological polar surface area (TPSA) is 91.2 Å². The van der Waals surface area contributed by atoms with Crippen LogP contribution in [0.25, 0.3) is 0 Å². The number of nitrogens with one attached hydrogen (secondary N) is 1. The van der Waals surface area contributed by atoms with Gasteiger partial charge >= 0.3 is 0 Å². The molecule has 1 amide bonds. The maximum absolute atomic E-state index is 12.0. The Morgan fingerprint density at radius 1 is 1.26 bits per heavy atom. The molecule has 0 bridgehead atoms. The third-order valence-electron chi connectivity index (χ3n) is 2.87. The number of carbonyl (C=O) groups excluding carboxylic acids is 1. The second kappa shape index (κ2) is 7.82. The van der Waals surface area contributed by atoms with Crippen molar-refractivity contribution in [2.45, 2.75) is 6.92 Å². The largest absolute Gasteiger partial charge is 0.507 e. The molecule has 3 N–H and O–H groups in total. The highest BCUT2D eigenvalue weighted by Crippen LogP contribution is 2.26. The average molecular weight is 426 g/mol. The molecular formula is C16H15IN2O4. The number of rotatable bonds is 5. The average Bonchev–Trinajstić information content (AvgIpc) is 2.53. The Labute approximate surface area is 146 Å². The molecule has 0 saturated carbocycles. The van der Waals surface area contributed by atoms with Crippen molar-refractivity contribution in [3.63, 3.8) is 0 Å². The Bertz CT molecular complexity index is 747. The van der Waals surface area contributed by atoms with Crippen molar-refractivity contribution < 1.29 is 19.7 Å². The van der Waals surface area contributed by atoms with E-state index in [9.17, 15) is 15.0 Å². The van der Waals surface area contributed by atoms with Crippen molar-refractivity contribution in [1.29, 1.82) is 0 Å². The highest BCUT2D eigenvalue weighted by atomic mass is 127. The van der Waals surface area contributed by atoms with Crippen molar-refractivity contribution in [2.24, 2.45) is 5.10 Å². The Hall–Kier alpha value is -2.29. The van der Waals surface area contributed by atoms with E-state index in [1.165, 1.54) is 18.3 Å². The molecule has 0 radical (unpaired) electrons. The summed E-state index contributed by atoms with van der Waals surface area (Å²) in [4.78, 5) is 12.0. The normalized spacial score (nSPS) is 10.7. The van der Waals surface area contributed by atoms with Crippen molar-refractivity contribution >= 4 is 34.7 Å². The maximum atomic E-state index is 12.0. The molecule has 0 heterocycles. The number of hydrogen-bond donors (Lipinski definition) is 3. The third-order valence-corrected chi connectivity index (χ3v) is 3.54. The van der Waals surface area contributed by atoms with Crippen LogP contribution in [0.15, 0.2) is 41.5 Å². The van der Waals surface area contributed by atoms with Gasteiger partial charge in [0, 0.05) is 3.57 Å². The van der Waals surface area contributed by atoms with Crippen LogP contribution < -0.4 is 10.2 Å². The lowest BCUT2D eigenvalue weighted by Gasteiger charge is -2.06. The Balaban J connectivity index is 2.08. The van der Waals surface area contributed by atoms with Gasteiger partial charge in [-0.05, 0) is 71.5 Å². The first kappa shape index (κ1) is 17.1. The number of phenols is 2. The first-order valence-electron chi connectivity index (χ1n) is 6.79. The van der Waals surface area contributed by atoms with Gasteiger partial charge in [-0.3, -0.25) is 4.79 Å². The van der Waals surface area contributed by atoms with E-state index < -0.39 is 5.91 Å². The molecule has 0 spiro atoms. The van der Waals surface area contributed by atoms with Gasteiger partial charge in [0.2, 0.25) is 0 Å². The molecule has 0 aliphatic carbocycles. The second-order valence-corrected chi connectivity index (χ2v) is 5.77. The van der Waals surface area contributed by atoms with E-state index >= 15 is 0 Å². The zero-order valence-corrected chi connectivity index (χ0v) is 14.4. The van der Waals surface area contributed by atoms with Crippen molar-refractivity contribution in [3.05, 3.63) is 51.1 Å². The highest BCUT2D eigenvalue weighted by Gasteiger charge is 2.10. The van der Waals surface area contributed by atoms with Crippen LogP contribution in [0.4, 0.5) is 0 Å². The summed E-state index contributed by atoms with van der Waals surface area (Å²) in [6, 6.07) is 9.44. The molecule has 0 unspecified atom stereocenters. The highest BCUT2D eigenvalue weighted by molar-refractivity contribution is 14.1. The summed E-state index contributed by atoms with van der Waals surface area (Å²) in [5.74, 6) is -0.239. The van der Waals surface area contributed by atoms with Gasteiger partial charge in [0.25, 0.3) is 5.91 Å². The summed E-state index contributed by atoms with van der Waals surface area (Å²) >= 11 is 2.05. The Morgan fingerprint density at radius 3 is 2.74 bits per heavy atom. The SMILES string of the molecule is CCOc1cc(/C=N/NC(=O)c2cc(I)ccc2O)ccc1O. The predicted octanol–water partition coefficient (Wildman–Crippen LogP) is 2.87. The smallest absolute Gasteiger partial charge is 0.275 e. The van der Waals surface area contributed by atoms with Crippen LogP contribution in [0.5, 0.6) is 17.2 Å². The van der Waals surface area contributed by atoms with Crippen LogP contribution in [0, 0.1) is 3.57 Å². The van der Waals surface area contributed by atoms with E-state index in [-0.39, 0.29) is 17.1 Å². The van der Waals surface area contributed by atoms with Gasteiger partial charge in [0.1, 0.15) is 5.75 Å². The van der Waals surface area contributed by atoms with Gasteiger partial charge in [0.15, 0.2) is 11.5 Å². The molecule has 120 valence electrons. The second-order valence-electron chi connectivity index (χ2n) is 4.52. The lowest BCUT2D eigenvalue weighted by Crippen LogP contribution is -2.17. The third kappa shape index (κ3) is 4.59. The lowest BCUT2D eigenvalue weighted by atomic mass is 10.2. The molecule has 0 aliphatic rings. The van der Waals surface area contributed by atoms with Gasteiger partial charge < -0.3 is 14.9 Å². The van der Waals surface area contributed by atoms with E-state index in [2.05, 4.69) is 10.5 Å². The van der Waals surface area contributed by atoms with Crippen molar-refractivity contribution in [3.8, 4) is 17.2 Å². The fourth-order valence-corrected chi connectivity index (χ4v) is 2.29. The van der Waals surface area contributed by atoms with Gasteiger partial charge in [-0.15, -0.1) is 0 Å². The minimum Gasteiger partial charge on any atom is -0.507 e. The van der Waals surface area contributed by atoms with Crippen molar-refractivity contribution in [2.75, 3.05) is 6.61 Å². The minimum absolute atomic E-state index is 0.0387. The first-order chi connectivity index (χ1) is 11.0. The van der Waals surface area contributed by atoms with E-state index in [1.807, 2.05) is 29.5 Å². The summed E-state index contributed by atoms with van der Waals surface area (Å²) in [6.45, 7) is 2.24. The van der Waals surface area contributed by atoms with Crippen LogP contribution in [0.2, 0.25) is 0 Å². The van der Waals surface area contributed by atoms with Gasteiger partial charge in [-0.25, -0.2) is 5.43 Å². The molecule has 2 rings (SSSR count). The molecule has 0 saturated heterocycles. The number of halogens is 1. The number of hydrogen-bond acceptors (Lipinski definition) is 5. The fraction of sp³-hybridized carbons (Fsp3) is 0.125. The summed E-state index contributed by atoms with van der Waals surface area (Å²) in [6.07, 6.45) is 1.42. The zero-order chi connectivity index (χ0) is 16.8. The van der Waals surface area contributed by atoms with Crippen LogP contribution >= 0.6 is 22.6 Å². The maximum Gasteiger partial charge on any atom is 0.275 e. The molecule has 6 nitrogen and oxygen atoms in total. The van der Waals surface area contributed by atoms with Gasteiger partial charge in [-0.1, -0.05) is 0 Å². The number of carbonyl (C=O) groups is 1. The number of nitrogens with zero attached hydrogens (tertiary/aromatic N) is 1. The van der Waals surface area contributed by atoms with Crippen LogP contribution in [0.3, 0.4) is 0 Å². The number of benzene rings is 2. The van der Waals surface area contributed by atoms with Crippen LogP contribution in [-0.4, -0.2) is 28.9 Å². The number of hydrazone groups is 1. The molecular weight excluding hydrogens is 411 g/mol. The minimum atomic E-state index is -0.513. The summed E-state index contributed by atoms with van der Waals surface area (Å²) in [5.41, 5.74) is 3.14. The van der Waals surface area contributed by atoms with Crippen LogP contribution in [-0.2, 0) is 0 Å². The summed E-state index contributed by atoms with van der Waals surface area (Å²) < 4.78 is 6.10. The zero-order valence-electron chi connectivity index (χ0n) is 12.3. The van der Waals surface area contributed by atoms with Crippen LogP contribution in [0.1, 0.15) is 22.8 Å². The number of amides is 1. The fourth-order valence-electron chi connectivity index (χ4n) is 1.80. The first-order valence-corrected chi connectivity index (χ1v) is 7.87.